The SMILES string of the molecule is CCCOc1cccn2nc(NC(=O)CCNc3nccc4ccc(-c5noc(C)n5)cc34)cc12. The molecule has 5 rings (SSSR count). The Morgan fingerprint density at radius 2 is 2.11 bits per heavy atom. The number of aromatic nitrogens is 5. The molecule has 1 amide bonds. The van der Waals surface area contributed by atoms with Crippen LogP contribution in [0.2, 0.25) is 0 Å². The molecule has 10 nitrogen and oxygen atoms in total. The number of hydrogen-bond acceptors (Lipinski definition) is 8. The van der Waals surface area contributed by atoms with E-state index >= 15 is 0 Å². The molecule has 2 N–H and O–H groups in total. The minimum absolute atomic E-state index is 0.153. The van der Waals surface area contributed by atoms with Crippen LogP contribution >= 0.6 is 0 Å². The van der Waals surface area contributed by atoms with Crippen LogP contribution in [-0.2, 0) is 4.79 Å². The van der Waals surface area contributed by atoms with E-state index in [1.807, 2.05) is 48.7 Å². The fraction of sp³-hybridized carbons (Fsp3) is 0.240. The number of carbonyl (C=O) groups excluding carboxylic acids is 1. The molecule has 1 aromatic carbocycles. The van der Waals surface area contributed by atoms with Gasteiger partial charge in [0.05, 0.1) is 6.61 Å². The number of benzene rings is 1. The number of carbonyl (C=O) groups is 1. The molecule has 0 spiro atoms. The molecule has 5 aromatic rings. The average molecular weight is 472 g/mol. The van der Waals surface area contributed by atoms with Gasteiger partial charge in [-0.1, -0.05) is 24.2 Å². The Labute approximate surface area is 201 Å². The van der Waals surface area contributed by atoms with E-state index in [4.69, 9.17) is 9.26 Å². The Morgan fingerprint density at radius 3 is 2.94 bits per heavy atom. The third-order valence-corrected chi connectivity index (χ3v) is 5.39. The number of amides is 1. The maximum atomic E-state index is 12.6. The highest BCUT2D eigenvalue weighted by molar-refractivity contribution is 5.95. The molecular formula is C25H25N7O3. The molecule has 10 heteroatoms. The lowest BCUT2D eigenvalue weighted by molar-refractivity contribution is -0.116. The van der Waals surface area contributed by atoms with Crippen LogP contribution in [0.4, 0.5) is 11.6 Å². The van der Waals surface area contributed by atoms with Gasteiger partial charge in [-0.25, -0.2) is 9.50 Å². The van der Waals surface area contributed by atoms with Gasteiger partial charge in [0.25, 0.3) is 0 Å². The van der Waals surface area contributed by atoms with Gasteiger partial charge in [0.2, 0.25) is 17.6 Å². The third kappa shape index (κ3) is 4.91. The summed E-state index contributed by atoms with van der Waals surface area (Å²) >= 11 is 0. The van der Waals surface area contributed by atoms with Gasteiger partial charge in [-0.2, -0.15) is 4.98 Å². The van der Waals surface area contributed by atoms with Crippen molar-refractivity contribution in [3.63, 3.8) is 0 Å². The molecule has 4 aromatic heterocycles. The van der Waals surface area contributed by atoms with Crippen molar-refractivity contribution >= 4 is 33.8 Å². The lowest BCUT2D eigenvalue weighted by Crippen LogP contribution is -2.17. The van der Waals surface area contributed by atoms with Gasteiger partial charge in [-0.05, 0) is 36.1 Å². The number of fused-ring (bicyclic) bond motifs is 2. The first kappa shape index (κ1) is 22.3. The Balaban J connectivity index is 1.24. The fourth-order valence-electron chi connectivity index (χ4n) is 3.75. The van der Waals surface area contributed by atoms with Crippen molar-refractivity contribution in [1.82, 2.24) is 24.7 Å². The monoisotopic (exact) mass is 471 g/mol. The lowest BCUT2D eigenvalue weighted by Gasteiger charge is -2.09. The van der Waals surface area contributed by atoms with E-state index in [1.165, 1.54) is 0 Å². The largest absolute Gasteiger partial charge is 0.491 e. The lowest BCUT2D eigenvalue weighted by atomic mass is 10.1. The molecule has 0 aliphatic heterocycles. The number of pyridine rings is 2. The Morgan fingerprint density at radius 1 is 1.20 bits per heavy atom. The normalized spacial score (nSPS) is 11.1. The van der Waals surface area contributed by atoms with Crippen molar-refractivity contribution in [2.75, 3.05) is 23.8 Å². The summed E-state index contributed by atoms with van der Waals surface area (Å²) in [6.07, 6.45) is 4.71. The van der Waals surface area contributed by atoms with E-state index in [0.29, 0.717) is 36.5 Å². The maximum Gasteiger partial charge on any atom is 0.227 e. The number of ether oxygens (including phenoxy) is 1. The van der Waals surface area contributed by atoms with Crippen LogP contribution in [0.15, 0.2) is 59.4 Å². The van der Waals surface area contributed by atoms with E-state index < -0.39 is 0 Å². The van der Waals surface area contributed by atoms with Gasteiger partial charge >= 0.3 is 0 Å². The van der Waals surface area contributed by atoms with E-state index in [-0.39, 0.29) is 12.3 Å². The highest BCUT2D eigenvalue weighted by Gasteiger charge is 2.12. The Hall–Kier alpha value is -4.47. The highest BCUT2D eigenvalue weighted by atomic mass is 16.5. The topological polar surface area (TPSA) is 119 Å². The molecule has 0 unspecified atom stereocenters. The van der Waals surface area contributed by atoms with Crippen LogP contribution in [0.25, 0.3) is 27.7 Å². The first-order chi connectivity index (χ1) is 17.1. The molecular weight excluding hydrogens is 446 g/mol. The summed E-state index contributed by atoms with van der Waals surface area (Å²) in [6, 6.07) is 13.4. The number of nitrogens with one attached hydrogen (secondary N) is 2. The summed E-state index contributed by atoms with van der Waals surface area (Å²) in [5.74, 6) is 2.77. The van der Waals surface area contributed by atoms with Crippen molar-refractivity contribution < 1.29 is 14.1 Å². The van der Waals surface area contributed by atoms with Gasteiger partial charge < -0.3 is 19.9 Å². The van der Waals surface area contributed by atoms with Gasteiger partial charge in [0.15, 0.2) is 5.82 Å². The Kier molecular flexibility index (Phi) is 6.25. The molecule has 0 saturated heterocycles. The average Bonchev–Trinajstić information content (AvgIpc) is 3.48. The Bertz CT molecular complexity index is 1490. The van der Waals surface area contributed by atoms with E-state index in [0.717, 1.165) is 34.0 Å². The van der Waals surface area contributed by atoms with Crippen molar-refractivity contribution in [2.45, 2.75) is 26.7 Å². The summed E-state index contributed by atoms with van der Waals surface area (Å²) in [4.78, 5) is 21.3. The minimum atomic E-state index is -0.153. The highest BCUT2D eigenvalue weighted by Crippen LogP contribution is 2.27. The number of hydrogen-bond donors (Lipinski definition) is 2. The second kappa shape index (κ2) is 9.80. The van der Waals surface area contributed by atoms with Crippen molar-refractivity contribution in [1.29, 1.82) is 0 Å². The van der Waals surface area contributed by atoms with Crippen LogP contribution in [0.1, 0.15) is 25.7 Å². The number of nitrogens with zero attached hydrogens (tertiary/aromatic N) is 5. The number of aryl methyl sites for hydroxylation is 1. The molecule has 0 saturated carbocycles. The predicted molar refractivity (Wildman–Crippen MR) is 132 cm³/mol. The molecule has 0 bridgehead atoms. The standard InChI is InChI=1S/C25H25N7O3/c1-3-13-34-21-5-4-12-32-20(21)15-22(30-32)29-23(33)9-11-27-25-19-14-18(24-28-16(2)35-31-24)7-6-17(19)8-10-26-25/h4-8,10,12,14-15H,3,9,11,13H2,1-2H3,(H,26,27)(H,29,30,33). The molecule has 4 heterocycles. The first-order valence-corrected chi connectivity index (χ1v) is 11.4. The first-order valence-electron chi connectivity index (χ1n) is 11.4. The van der Waals surface area contributed by atoms with Crippen LogP contribution in [0, 0.1) is 6.92 Å². The smallest absolute Gasteiger partial charge is 0.227 e. The van der Waals surface area contributed by atoms with Gasteiger partial charge in [-0.15, -0.1) is 5.10 Å². The molecule has 0 fully saturated rings. The third-order valence-electron chi connectivity index (χ3n) is 5.39. The minimum Gasteiger partial charge on any atom is -0.491 e. The molecule has 0 radical (unpaired) electrons. The number of anilines is 2. The second-order valence-electron chi connectivity index (χ2n) is 8.04. The van der Waals surface area contributed by atoms with Crippen LogP contribution in [0.3, 0.4) is 0 Å². The summed E-state index contributed by atoms with van der Waals surface area (Å²) in [7, 11) is 0. The molecule has 0 aliphatic carbocycles. The van der Waals surface area contributed by atoms with E-state index in [9.17, 15) is 4.79 Å². The maximum absolute atomic E-state index is 12.6. The van der Waals surface area contributed by atoms with Crippen LogP contribution in [0.5, 0.6) is 5.75 Å². The second-order valence-corrected chi connectivity index (χ2v) is 8.04. The zero-order chi connectivity index (χ0) is 24.2. The summed E-state index contributed by atoms with van der Waals surface area (Å²) in [6.45, 7) is 4.83. The van der Waals surface area contributed by atoms with Gasteiger partial charge in [-0.3, -0.25) is 4.79 Å². The van der Waals surface area contributed by atoms with E-state index in [2.05, 4.69) is 37.8 Å². The fourth-order valence-corrected chi connectivity index (χ4v) is 3.75. The summed E-state index contributed by atoms with van der Waals surface area (Å²) in [5, 5.41) is 16.5. The van der Waals surface area contributed by atoms with Gasteiger partial charge in [0, 0.05) is 49.3 Å². The van der Waals surface area contributed by atoms with Crippen molar-refractivity contribution in [2.24, 2.45) is 0 Å². The zero-order valence-electron chi connectivity index (χ0n) is 19.5. The predicted octanol–water partition coefficient (Wildman–Crippen LogP) is 4.47. The van der Waals surface area contributed by atoms with Crippen LogP contribution in [-0.4, -0.2) is 43.8 Å². The number of rotatable bonds is 9. The quantitative estimate of drug-likeness (QED) is 0.323. The van der Waals surface area contributed by atoms with Crippen LogP contribution < -0.4 is 15.4 Å². The summed E-state index contributed by atoms with van der Waals surface area (Å²) < 4.78 is 12.6. The molecule has 0 aliphatic rings. The summed E-state index contributed by atoms with van der Waals surface area (Å²) in [5.41, 5.74) is 1.64. The molecule has 35 heavy (non-hydrogen) atoms. The zero-order valence-corrected chi connectivity index (χ0v) is 19.5. The van der Waals surface area contributed by atoms with Crippen molar-refractivity contribution in [3.8, 4) is 17.1 Å². The molecule has 178 valence electrons. The van der Waals surface area contributed by atoms with Gasteiger partial charge in [0.1, 0.15) is 17.1 Å². The molecule has 0 atom stereocenters. The van der Waals surface area contributed by atoms with E-state index in [1.54, 1.807) is 17.6 Å². The van der Waals surface area contributed by atoms with Crippen molar-refractivity contribution in [3.05, 3.63) is 60.7 Å².